The number of hydrogen-bond acceptors (Lipinski definition) is 3. The van der Waals surface area contributed by atoms with Gasteiger partial charge >= 0.3 is 29.6 Å². The molecule has 0 bridgehead atoms. The molecule has 2 aliphatic rings. The van der Waals surface area contributed by atoms with Gasteiger partial charge in [-0.25, -0.2) is 0 Å². The summed E-state index contributed by atoms with van der Waals surface area (Å²) in [6.45, 7) is 6.09. The van der Waals surface area contributed by atoms with Crippen LogP contribution >= 0.6 is 12.2 Å². The molecule has 1 N–H and O–H groups in total. The van der Waals surface area contributed by atoms with Crippen molar-refractivity contribution >= 4 is 29.1 Å². The summed E-state index contributed by atoms with van der Waals surface area (Å²) < 4.78 is 0. The molecule has 1 spiro atoms. The van der Waals surface area contributed by atoms with Crippen molar-refractivity contribution in [3.63, 3.8) is 0 Å². The first-order chi connectivity index (χ1) is 7.94. The number of amides is 2. The fourth-order valence-corrected chi connectivity index (χ4v) is 3.89. The number of thiocarbonyl (C=S) groups is 1. The van der Waals surface area contributed by atoms with Crippen molar-refractivity contribution in [2.75, 3.05) is 0 Å². The molecule has 1 aliphatic heterocycles. The predicted molar refractivity (Wildman–Crippen MR) is 68.3 cm³/mol. The van der Waals surface area contributed by atoms with Gasteiger partial charge in [0.1, 0.15) is 0 Å². The average molecular weight is 276 g/mol. The van der Waals surface area contributed by atoms with E-state index < -0.39 is 5.41 Å². The molecule has 4 unspecified atom stereocenters. The number of nitrogens with zero attached hydrogens (tertiary/aromatic N) is 1. The first-order valence-electron chi connectivity index (χ1n) is 6.06. The van der Waals surface area contributed by atoms with E-state index in [9.17, 15) is 9.59 Å². The average Bonchev–Trinajstić information content (AvgIpc) is 2.47. The topological polar surface area (TPSA) is 60.3 Å². The third kappa shape index (κ3) is 2.05. The van der Waals surface area contributed by atoms with Gasteiger partial charge in [0.15, 0.2) is 11.8 Å². The minimum absolute atomic E-state index is 0. The normalized spacial score (nSPS) is 39.3. The van der Waals surface area contributed by atoms with Crippen LogP contribution in [0.2, 0.25) is 0 Å². The van der Waals surface area contributed by atoms with Crippen LogP contribution in [0.4, 0.5) is 0 Å². The van der Waals surface area contributed by atoms with Gasteiger partial charge in [0.25, 0.3) is 0 Å². The number of carbonyl (C=O) groups is 2. The summed E-state index contributed by atoms with van der Waals surface area (Å²) in [5.41, 5.74) is -0.976. The Labute approximate surface area is 135 Å². The van der Waals surface area contributed by atoms with Crippen molar-refractivity contribution in [2.45, 2.75) is 33.6 Å². The quantitative estimate of drug-likeness (QED) is 0.379. The van der Waals surface area contributed by atoms with E-state index in [0.29, 0.717) is 5.92 Å². The van der Waals surface area contributed by atoms with Crippen molar-refractivity contribution in [2.24, 2.45) is 23.2 Å². The monoisotopic (exact) mass is 276 g/mol. The van der Waals surface area contributed by atoms with Crippen LogP contribution in [-0.4, -0.2) is 16.9 Å². The number of hydrogen-bond donors (Lipinski definition) is 1. The molecule has 0 aromatic heterocycles. The third-order valence-electron chi connectivity index (χ3n) is 4.37. The second kappa shape index (κ2) is 5.57. The summed E-state index contributed by atoms with van der Waals surface area (Å²) in [5.74, 6) is -0.119. The summed E-state index contributed by atoms with van der Waals surface area (Å²) in [7, 11) is 0. The third-order valence-corrected chi connectivity index (χ3v) is 4.56. The van der Waals surface area contributed by atoms with Crippen LogP contribution in [0, 0.1) is 23.2 Å². The van der Waals surface area contributed by atoms with Crippen molar-refractivity contribution in [3.05, 3.63) is 5.32 Å². The summed E-state index contributed by atoms with van der Waals surface area (Å²) in [6.07, 6.45) is 1.70. The Morgan fingerprint density at radius 1 is 1.44 bits per heavy atom. The smallest absolute Gasteiger partial charge is 0.418 e. The Morgan fingerprint density at radius 3 is 2.56 bits per heavy atom. The molecule has 2 fully saturated rings. The van der Waals surface area contributed by atoms with Crippen molar-refractivity contribution in [1.82, 2.24) is 5.32 Å². The van der Waals surface area contributed by atoms with E-state index in [-0.39, 0.29) is 58.3 Å². The zero-order chi connectivity index (χ0) is 12.8. The second-order valence-corrected chi connectivity index (χ2v) is 5.56. The van der Waals surface area contributed by atoms with Gasteiger partial charge < -0.3 is 10.6 Å². The van der Waals surface area contributed by atoms with Gasteiger partial charge in [-0.05, 0) is 24.2 Å². The Kier molecular flexibility index (Phi) is 4.98. The molecule has 1 aliphatic carbocycles. The van der Waals surface area contributed by atoms with Gasteiger partial charge in [-0.15, -0.1) is 0 Å². The molecule has 1 saturated heterocycles. The van der Waals surface area contributed by atoms with Gasteiger partial charge in [0.05, 0.1) is 5.41 Å². The van der Waals surface area contributed by atoms with E-state index in [1.165, 1.54) is 0 Å². The van der Waals surface area contributed by atoms with E-state index in [4.69, 9.17) is 12.2 Å². The van der Waals surface area contributed by atoms with Crippen LogP contribution in [-0.2, 0) is 9.59 Å². The van der Waals surface area contributed by atoms with Gasteiger partial charge in [-0.3, -0.25) is 9.59 Å². The predicted octanol–water partition coefficient (Wildman–Crippen LogP) is -1.01. The maximum Gasteiger partial charge on any atom is 1.00 e. The van der Waals surface area contributed by atoms with Gasteiger partial charge in [-0.2, -0.15) is 0 Å². The minimum atomic E-state index is -0.976. The fraction of sp³-hybridized carbons (Fsp3) is 0.750. The Balaban J connectivity index is 0.00000162. The molecular weight excluding hydrogens is 259 g/mol. The largest absolute Gasteiger partial charge is 1.00 e. The van der Waals surface area contributed by atoms with Gasteiger partial charge in [0, 0.05) is 5.11 Å². The van der Waals surface area contributed by atoms with E-state index >= 15 is 0 Å². The van der Waals surface area contributed by atoms with Gasteiger partial charge in [-0.1, -0.05) is 39.4 Å². The molecule has 2 rings (SSSR count). The molecule has 2 amide bonds. The molecule has 0 radical (unpaired) electrons. The van der Waals surface area contributed by atoms with Crippen LogP contribution in [0.15, 0.2) is 0 Å². The van der Waals surface area contributed by atoms with Crippen molar-refractivity contribution in [3.8, 4) is 0 Å². The summed E-state index contributed by atoms with van der Waals surface area (Å²) in [6, 6.07) is 0. The van der Waals surface area contributed by atoms with E-state index in [1.807, 2.05) is 13.8 Å². The zero-order valence-electron chi connectivity index (χ0n) is 11.3. The molecule has 0 aromatic carbocycles. The standard InChI is InChI=1S/C12H18N2O2S.Na/c1-4-8-6(2)5-7(3)12(8)9(15)13-11(17)14-10(12)16;/h6-8H,4-5H2,1-3H3,(H2,13,14,15,16,17);/q;+1/p-1. The molecule has 4 nitrogen and oxygen atoms in total. The molecular formula is C12H17N2NaO2S. The molecule has 0 aromatic rings. The van der Waals surface area contributed by atoms with E-state index in [0.717, 1.165) is 12.8 Å². The Hall–Kier alpha value is 0.0300. The van der Waals surface area contributed by atoms with Crippen LogP contribution in [0.1, 0.15) is 33.6 Å². The summed E-state index contributed by atoms with van der Waals surface area (Å²) >= 11 is 4.80. The molecule has 94 valence electrons. The minimum Gasteiger partial charge on any atom is -0.418 e. The van der Waals surface area contributed by atoms with Crippen LogP contribution < -0.4 is 34.9 Å². The molecule has 4 atom stereocenters. The number of nitrogens with one attached hydrogen (secondary N) is 1. The fourth-order valence-electron chi connectivity index (χ4n) is 3.72. The molecule has 1 saturated carbocycles. The summed E-state index contributed by atoms with van der Waals surface area (Å²) in [4.78, 5) is 24.5. The maximum absolute atomic E-state index is 12.3. The molecule has 6 heteroatoms. The van der Waals surface area contributed by atoms with Crippen molar-refractivity contribution in [1.29, 1.82) is 0 Å². The Bertz CT molecular complexity index is 380. The maximum atomic E-state index is 12.3. The number of rotatable bonds is 1. The first kappa shape index (κ1) is 16.1. The van der Waals surface area contributed by atoms with Crippen molar-refractivity contribution < 1.29 is 39.1 Å². The second-order valence-electron chi connectivity index (χ2n) is 5.17. The molecule has 18 heavy (non-hydrogen) atoms. The van der Waals surface area contributed by atoms with Gasteiger partial charge in [0.2, 0.25) is 0 Å². The van der Waals surface area contributed by atoms with E-state index in [1.54, 1.807) is 0 Å². The van der Waals surface area contributed by atoms with Crippen LogP contribution in [0.5, 0.6) is 0 Å². The first-order valence-corrected chi connectivity index (χ1v) is 6.47. The Morgan fingerprint density at radius 2 is 2.06 bits per heavy atom. The van der Waals surface area contributed by atoms with E-state index in [2.05, 4.69) is 17.6 Å². The molecule has 1 heterocycles. The summed E-state index contributed by atoms with van der Waals surface area (Å²) in [5, 5.41) is 6.38. The number of carbonyl (C=O) groups excluding carboxylic acids is 2. The van der Waals surface area contributed by atoms with Crippen LogP contribution in [0.25, 0.3) is 5.32 Å². The zero-order valence-corrected chi connectivity index (χ0v) is 14.1. The SMILES string of the molecule is CCC1C(C)CC(C)C12C(=O)[N-]C(=S)NC2=O.[Na+]. The van der Waals surface area contributed by atoms with Crippen LogP contribution in [0.3, 0.4) is 0 Å².